The molecular weight excluding hydrogens is 939 g/mol. The van der Waals surface area contributed by atoms with E-state index in [0.29, 0.717) is 26.2 Å². The summed E-state index contributed by atoms with van der Waals surface area (Å²) in [6.07, 6.45) is 46.8. The van der Waals surface area contributed by atoms with E-state index < -0.39 is 24.2 Å². The minimum absolute atomic E-state index is 0.205. The van der Waals surface area contributed by atoms with Gasteiger partial charge in [-0.2, -0.15) is 0 Å². The van der Waals surface area contributed by atoms with Crippen LogP contribution in [-0.2, 0) is 48.4 Å². The molecule has 0 aliphatic heterocycles. The Bertz CT molecular complexity index is 1720. The van der Waals surface area contributed by atoms with Crippen LogP contribution in [0.4, 0.5) is 0 Å². The first-order valence-corrected chi connectivity index (χ1v) is 31.9. The molecule has 76 heavy (non-hydrogen) atoms. The first-order chi connectivity index (χ1) is 37.5. The largest absolute Gasteiger partial charge is 0.452 e. The molecule has 0 saturated carbocycles. The number of nitrogens with one attached hydrogen (secondary N) is 1. The second kappa shape index (κ2) is 48.6. The van der Waals surface area contributed by atoms with Gasteiger partial charge in [0.25, 0.3) is 5.91 Å². The fourth-order valence-electron chi connectivity index (χ4n) is 10.7. The van der Waals surface area contributed by atoms with E-state index in [-0.39, 0.29) is 18.6 Å². The van der Waals surface area contributed by atoms with Gasteiger partial charge in [-0.3, -0.25) is 9.59 Å². The van der Waals surface area contributed by atoms with E-state index in [2.05, 4.69) is 55.6 Å². The van der Waals surface area contributed by atoms with Crippen LogP contribution in [0.1, 0.15) is 281 Å². The second-order valence-electron chi connectivity index (χ2n) is 22.4. The lowest BCUT2D eigenvalue weighted by Crippen LogP contribution is -2.55. The summed E-state index contributed by atoms with van der Waals surface area (Å²) in [5.41, 5.74) is 3.19. The summed E-state index contributed by atoms with van der Waals surface area (Å²) in [4.78, 5) is 27.1. The number of ether oxygens (including phenoxy) is 4. The molecule has 0 radical (unpaired) electrons. The van der Waals surface area contributed by atoms with Gasteiger partial charge in [-0.1, -0.05) is 330 Å². The number of hydrogen-bond acceptors (Lipinski definition) is 6. The van der Waals surface area contributed by atoms with E-state index in [1.54, 1.807) is 0 Å². The molecule has 0 heterocycles. The molecule has 1 N–H and O–H groups in total. The standard InChI is InChI=1S/C69H113NO6/c1-4-6-8-10-12-14-16-18-20-21-22-23-24-25-26-27-29-31-33-35-37-48-56-67(76-61(3)71)69(72)70-65(60-73-57-62-49-41-38-42-50-62)68(75-59-64-53-45-40-46-54-64)66(74-58-63-51-43-39-44-52-63)55-47-36-34-32-30-28-19-17-15-13-11-9-7-5-2/h38-46,49-54,65-68H,4-37,47-48,55-60H2,1-3H3,(H,70,72)/t65-,66+,67+,68-/m0/s1. The Morgan fingerprint density at radius 3 is 1.07 bits per heavy atom. The van der Waals surface area contributed by atoms with Crippen molar-refractivity contribution in [2.24, 2.45) is 0 Å². The van der Waals surface area contributed by atoms with Gasteiger partial charge in [0.2, 0.25) is 0 Å². The summed E-state index contributed by atoms with van der Waals surface area (Å²) in [6.45, 7) is 7.35. The van der Waals surface area contributed by atoms with E-state index in [0.717, 1.165) is 55.2 Å². The summed E-state index contributed by atoms with van der Waals surface area (Å²) >= 11 is 0. The van der Waals surface area contributed by atoms with E-state index in [1.807, 2.05) is 54.6 Å². The molecule has 0 saturated heterocycles. The number of esters is 1. The molecular formula is C69H113NO6. The van der Waals surface area contributed by atoms with Crippen LogP contribution in [0.15, 0.2) is 91.0 Å². The maximum absolute atomic E-state index is 14.5. The summed E-state index contributed by atoms with van der Waals surface area (Å²) < 4.78 is 26.1. The topological polar surface area (TPSA) is 83.1 Å². The smallest absolute Gasteiger partial charge is 0.303 e. The maximum atomic E-state index is 14.5. The lowest BCUT2D eigenvalue weighted by Gasteiger charge is -2.35. The molecule has 0 unspecified atom stereocenters. The highest BCUT2D eigenvalue weighted by atomic mass is 16.6. The molecule has 3 rings (SSSR count). The van der Waals surface area contributed by atoms with Crippen molar-refractivity contribution in [3.63, 3.8) is 0 Å². The van der Waals surface area contributed by atoms with Gasteiger partial charge in [0, 0.05) is 6.92 Å². The predicted molar refractivity (Wildman–Crippen MR) is 320 cm³/mol. The monoisotopic (exact) mass is 1050 g/mol. The van der Waals surface area contributed by atoms with Crippen molar-refractivity contribution in [1.29, 1.82) is 0 Å². The van der Waals surface area contributed by atoms with Crippen LogP contribution < -0.4 is 5.32 Å². The Balaban J connectivity index is 1.56. The molecule has 0 fully saturated rings. The van der Waals surface area contributed by atoms with Gasteiger partial charge in [-0.05, 0) is 36.0 Å². The van der Waals surface area contributed by atoms with E-state index >= 15 is 0 Å². The molecule has 4 atom stereocenters. The van der Waals surface area contributed by atoms with Crippen molar-refractivity contribution < 1.29 is 28.5 Å². The van der Waals surface area contributed by atoms with Gasteiger partial charge < -0.3 is 24.3 Å². The highest BCUT2D eigenvalue weighted by Crippen LogP contribution is 2.24. The number of unbranched alkanes of at least 4 members (excludes halogenated alkanes) is 34. The fourth-order valence-corrected chi connectivity index (χ4v) is 10.7. The molecule has 7 nitrogen and oxygen atoms in total. The van der Waals surface area contributed by atoms with Crippen molar-refractivity contribution in [2.45, 2.75) is 309 Å². The average molecular weight is 1050 g/mol. The highest BCUT2D eigenvalue weighted by Gasteiger charge is 2.35. The summed E-state index contributed by atoms with van der Waals surface area (Å²) in [7, 11) is 0. The molecule has 0 aliphatic rings. The first-order valence-electron chi connectivity index (χ1n) is 31.9. The molecule has 1 amide bonds. The fraction of sp³-hybridized carbons (Fsp3) is 0.710. The second-order valence-corrected chi connectivity index (χ2v) is 22.4. The van der Waals surface area contributed by atoms with Crippen LogP contribution in [0, 0.1) is 0 Å². The Morgan fingerprint density at radius 1 is 0.395 bits per heavy atom. The first kappa shape index (κ1) is 66.8. The molecule has 3 aromatic carbocycles. The summed E-state index contributed by atoms with van der Waals surface area (Å²) in [5, 5.41) is 3.34. The molecule has 3 aromatic rings. The molecule has 0 bridgehead atoms. The van der Waals surface area contributed by atoms with Crippen molar-refractivity contribution in [2.75, 3.05) is 6.61 Å². The Hall–Kier alpha value is -3.52. The van der Waals surface area contributed by atoms with Crippen LogP contribution >= 0.6 is 0 Å². The zero-order valence-electron chi connectivity index (χ0n) is 49.1. The summed E-state index contributed by atoms with van der Waals surface area (Å²) in [5.74, 6) is -0.756. The predicted octanol–water partition coefficient (Wildman–Crippen LogP) is 19.7. The number of carbonyl (C=O) groups is 2. The van der Waals surface area contributed by atoms with Gasteiger partial charge in [0.05, 0.1) is 38.6 Å². The molecule has 0 spiro atoms. The van der Waals surface area contributed by atoms with Crippen molar-refractivity contribution >= 4 is 11.9 Å². The molecule has 0 aromatic heterocycles. The van der Waals surface area contributed by atoms with Crippen molar-refractivity contribution in [3.05, 3.63) is 108 Å². The molecule has 430 valence electrons. The van der Waals surface area contributed by atoms with Gasteiger partial charge >= 0.3 is 5.97 Å². The Morgan fingerprint density at radius 2 is 0.711 bits per heavy atom. The SMILES string of the molecule is CCCCCCCCCCCCCCCCCCCCCCCC[C@@H](OC(C)=O)C(=O)N[C@@H](COCc1ccccc1)[C@H](OCc1ccccc1)[C@@H](CCCCCCCCCCCCCCCC)OCc1ccccc1. The van der Waals surface area contributed by atoms with E-state index in [9.17, 15) is 9.59 Å². The minimum Gasteiger partial charge on any atom is -0.452 e. The van der Waals surface area contributed by atoms with Crippen LogP contribution in [-0.4, -0.2) is 42.8 Å². The third-order valence-corrected chi connectivity index (χ3v) is 15.4. The molecule has 0 aliphatic carbocycles. The average Bonchev–Trinajstić information content (AvgIpc) is 3.43. The highest BCUT2D eigenvalue weighted by molar-refractivity contribution is 5.83. The van der Waals surface area contributed by atoms with Gasteiger partial charge in [-0.25, -0.2) is 0 Å². The quantitative estimate of drug-likeness (QED) is 0.0448. The van der Waals surface area contributed by atoms with Crippen molar-refractivity contribution in [1.82, 2.24) is 5.32 Å². The van der Waals surface area contributed by atoms with Crippen LogP contribution in [0.3, 0.4) is 0 Å². The zero-order valence-corrected chi connectivity index (χ0v) is 49.1. The maximum Gasteiger partial charge on any atom is 0.303 e. The number of hydrogen-bond donors (Lipinski definition) is 1. The van der Waals surface area contributed by atoms with Crippen LogP contribution in [0.2, 0.25) is 0 Å². The van der Waals surface area contributed by atoms with Gasteiger partial charge in [0.1, 0.15) is 6.10 Å². The van der Waals surface area contributed by atoms with E-state index in [4.69, 9.17) is 18.9 Å². The van der Waals surface area contributed by atoms with Crippen molar-refractivity contribution in [3.8, 4) is 0 Å². The Labute approximate surface area is 466 Å². The third-order valence-electron chi connectivity index (χ3n) is 15.4. The number of amides is 1. The lowest BCUT2D eigenvalue weighted by molar-refractivity contribution is -0.156. The van der Waals surface area contributed by atoms with Crippen LogP contribution in [0.5, 0.6) is 0 Å². The lowest BCUT2D eigenvalue weighted by atomic mass is 9.98. The number of carbonyl (C=O) groups excluding carboxylic acids is 2. The normalized spacial score (nSPS) is 13.1. The minimum atomic E-state index is -0.900. The van der Waals surface area contributed by atoms with Crippen LogP contribution in [0.25, 0.3) is 0 Å². The van der Waals surface area contributed by atoms with Gasteiger partial charge in [0.15, 0.2) is 6.10 Å². The van der Waals surface area contributed by atoms with Gasteiger partial charge in [-0.15, -0.1) is 0 Å². The Kier molecular flexibility index (Phi) is 42.7. The number of rotatable bonds is 53. The summed E-state index contributed by atoms with van der Waals surface area (Å²) in [6, 6.07) is 30.1. The van der Waals surface area contributed by atoms with E-state index in [1.165, 1.54) is 206 Å². The number of benzene rings is 3. The third kappa shape index (κ3) is 36.6. The zero-order chi connectivity index (χ0) is 54.0. The molecule has 7 heteroatoms.